The van der Waals surface area contributed by atoms with E-state index in [1.807, 2.05) is 0 Å². The first-order valence-electron chi connectivity index (χ1n) is 22.6. The van der Waals surface area contributed by atoms with E-state index in [1.165, 1.54) is 124 Å². The molecule has 6 atom stereocenters. The summed E-state index contributed by atoms with van der Waals surface area (Å²) in [5, 5.41) is 0. The molecule has 59 heavy (non-hydrogen) atoms. The molecule has 282 valence electrons. The number of hydrogen-bond acceptors (Lipinski definition) is 2. The van der Waals surface area contributed by atoms with Crippen molar-refractivity contribution in [1.82, 2.24) is 0 Å². The zero-order valence-corrected chi connectivity index (χ0v) is 33.4. The van der Waals surface area contributed by atoms with E-state index in [4.69, 9.17) is 0 Å². The van der Waals surface area contributed by atoms with Crippen LogP contribution in [0.2, 0.25) is 0 Å². The van der Waals surface area contributed by atoms with Crippen LogP contribution in [0.5, 0.6) is 0 Å². The zero-order chi connectivity index (χ0) is 38.2. The van der Waals surface area contributed by atoms with Crippen molar-refractivity contribution in [2.75, 3.05) is 9.80 Å². The molecule has 4 fully saturated rings. The highest BCUT2D eigenvalue weighted by molar-refractivity contribution is 7.01. The maximum absolute atomic E-state index is 2.75. The van der Waals surface area contributed by atoms with Gasteiger partial charge in [0.15, 0.2) is 0 Å². The van der Waals surface area contributed by atoms with Gasteiger partial charge in [0.1, 0.15) is 0 Å². The molecule has 4 saturated carbocycles. The summed E-state index contributed by atoms with van der Waals surface area (Å²) in [4.78, 5) is 5.40. The van der Waals surface area contributed by atoms with E-state index in [1.54, 1.807) is 22.3 Å². The lowest BCUT2D eigenvalue weighted by Gasteiger charge is -2.47. The van der Waals surface area contributed by atoms with Gasteiger partial charge in [0.25, 0.3) is 6.71 Å². The Kier molecular flexibility index (Phi) is 6.02. The van der Waals surface area contributed by atoms with Crippen molar-refractivity contribution in [2.45, 2.75) is 62.2 Å². The topological polar surface area (TPSA) is 6.48 Å². The molecule has 15 rings (SSSR count). The van der Waals surface area contributed by atoms with Crippen LogP contribution in [0.4, 0.5) is 34.1 Å². The second-order valence-electron chi connectivity index (χ2n) is 19.5. The van der Waals surface area contributed by atoms with Crippen molar-refractivity contribution < 1.29 is 0 Å². The van der Waals surface area contributed by atoms with Crippen molar-refractivity contribution in [3.8, 4) is 22.3 Å². The number of rotatable bonds is 2. The maximum Gasteiger partial charge on any atom is 0.252 e. The third kappa shape index (κ3) is 3.71. The van der Waals surface area contributed by atoms with Gasteiger partial charge in [-0.2, -0.15) is 0 Å². The second kappa shape index (κ2) is 11.1. The molecule has 3 unspecified atom stereocenters. The van der Waals surface area contributed by atoms with Gasteiger partial charge in [-0.15, -0.1) is 0 Å². The summed E-state index contributed by atoms with van der Waals surface area (Å²) in [5.41, 5.74) is 24.8. The molecule has 4 bridgehead atoms. The van der Waals surface area contributed by atoms with Crippen LogP contribution < -0.4 is 26.2 Å². The lowest BCUT2D eigenvalue weighted by molar-refractivity contribution is 0.327. The van der Waals surface area contributed by atoms with E-state index in [2.05, 4.69) is 161 Å². The molecule has 0 radical (unpaired) electrons. The predicted octanol–water partition coefficient (Wildman–Crippen LogP) is 11.9. The van der Waals surface area contributed by atoms with Gasteiger partial charge in [0.05, 0.1) is 5.69 Å². The van der Waals surface area contributed by atoms with Crippen LogP contribution in [0, 0.1) is 23.7 Å². The van der Waals surface area contributed by atoms with Crippen molar-refractivity contribution in [1.29, 1.82) is 0 Å². The first-order chi connectivity index (χ1) is 29.2. The first kappa shape index (κ1) is 32.1. The molecule has 6 aliphatic carbocycles. The van der Waals surface area contributed by atoms with Crippen molar-refractivity contribution >= 4 is 57.2 Å². The highest BCUT2D eigenvalue weighted by Gasteiger charge is 2.61. The number of benzene rings is 7. The minimum atomic E-state index is 0.0445. The van der Waals surface area contributed by atoms with Crippen LogP contribution in [0.25, 0.3) is 22.3 Å². The summed E-state index contributed by atoms with van der Waals surface area (Å²) in [5.74, 6) is 3.03. The summed E-state index contributed by atoms with van der Waals surface area (Å²) in [6, 6.07) is 59.4. The fourth-order valence-corrected chi connectivity index (χ4v) is 15.5. The number of fused-ring (bicyclic) bond motifs is 22. The Labute approximate surface area is 347 Å². The molecule has 2 spiro atoms. The van der Waals surface area contributed by atoms with E-state index in [0.717, 1.165) is 17.8 Å². The summed E-state index contributed by atoms with van der Waals surface area (Å²) in [6.45, 7) is 0.0805. The molecule has 0 N–H and O–H groups in total. The summed E-state index contributed by atoms with van der Waals surface area (Å²) in [7, 11) is 0. The van der Waals surface area contributed by atoms with E-state index in [-0.39, 0.29) is 17.5 Å². The molecule has 2 aliphatic heterocycles. The van der Waals surface area contributed by atoms with Gasteiger partial charge in [-0.25, -0.2) is 0 Å². The van der Waals surface area contributed by atoms with E-state index < -0.39 is 0 Å². The molecule has 0 amide bonds. The summed E-state index contributed by atoms with van der Waals surface area (Å²) >= 11 is 0. The van der Waals surface area contributed by atoms with E-state index in [0.29, 0.717) is 5.92 Å². The van der Waals surface area contributed by atoms with Crippen LogP contribution in [-0.2, 0) is 10.8 Å². The number of para-hydroxylation sites is 3. The minimum absolute atomic E-state index is 0.0445. The summed E-state index contributed by atoms with van der Waals surface area (Å²) < 4.78 is 0. The molecule has 0 saturated heterocycles. The lowest BCUT2D eigenvalue weighted by Crippen LogP contribution is -2.62. The largest absolute Gasteiger partial charge is 0.311 e. The number of hydrogen-bond donors (Lipinski definition) is 0. The van der Waals surface area contributed by atoms with Gasteiger partial charge < -0.3 is 9.80 Å². The molecule has 2 heterocycles. The van der Waals surface area contributed by atoms with Gasteiger partial charge in [0.2, 0.25) is 0 Å². The standard InChI is InChI=1S/C56H45BN2/c1-3-13-38(14-4-1)58-47-22-12-11-21-46(47)57-52-48(28-27-44-50(52)40-17-7-9-19-42(40)55(44)32-34-23-25-36(55)29-34)59(39-15-5-2-6-16-39)54-51-41-18-8-10-20-43(41)56(33-35-24-26-37(56)30-35)45(51)31-49(58)53(54)57/h1-22,27-28,31,34-37H,23-26,29-30,32-33H2/t34?,35?,36?,37-,55-,56-/m0/s1. The van der Waals surface area contributed by atoms with Gasteiger partial charge in [-0.1, -0.05) is 122 Å². The Bertz CT molecular complexity index is 2970. The smallest absolute Gasteiger partial charge is 0.252 e. The molecule has 2 nitrogen and oxygen atoms in total. The predicted molar refractivity (Wildman–Crippen MR) is 244 cm³/mol. The van der Waals surface area contributed by atoms with Crippen LogP contribution in [0.15, 0.2) is 152 Å². The van der Waals surface area contributed by atoms with Gasteiger partial charge in [0, 0.05) is 44.8 Å². The van der Waals surface area contributed by atoms with E-state index in [9.17, 15) is 0 Å². The normalized spacial score (nSPS) is 27.5. The Morgan fingerprint density at radius 2 is 1.02 bits per heavy atom. The molecule has 0 aromatic heterocycles. The number of nitrogens with zero attached hydrogens (tertiary/aromatic N) is 2. The average Bonchev–Trinajstić information content (AvgIpc) is 4.17. The maximum atomic E-state index is 2.75. The fourth-order valence-electron chi connectivity index (χ4n) is 15.5. The molecule has 7 aromatic rings. The van der Waals surface area contributed by atoms with Crippen LogP contribution >= 0.6 is 0 Å². The third-order valence-corrected chi connectivity index (χ3v) is 17.4. The Balaban J connectivity index is 1.13. The second-order valence-corrected chi connectivity index (χ2v) is 19.5. The van der Waals surface area contributed by atoms with Crippen molar-refractivity contribution in [3.05, 3.63) is 174 Å². The third-order valence-electron chi connectivity index (χ3n) is 17.4. The van der Waals surface area contributed by atoms with Crippen LogP contribution in [-0.4, -0.2) is 6.71 Å². The van der Waals surface area contributed by atoms with Crippen LogP contribution in [0.1, 0.15) is 73.6 Å². The van der Waals surface area contributed by atoms with E-state index >= 15 is 0 Å². The summed E-state index contributed by atoms with van der Waals surface area (Å²) in [6.07, 6.45) is 10.8. The molecular weight excluding hydrogens is 711 g/mol. The Morgan fingerprint density at radius 1 is 0.441 bits per heavy atom. The zero-order valence-electron chi connectivity index (χ0n) is 33.4. The monoisotopic (exact) mass is 756 g/mol. The SMILES string of the molecule is c1ccc(N2c3ccccc3B3c4c(ccc5c4-c4ccccc4[C@@]54CC5CCC4C5)N(c4ccccc4)c4c3c2cc2c4-c3ccccc3[C@@]23CC2CC[C@H]3C2)cc1. The Morgan fingerprint density at radius 3 is 1.66 bits per heavy atom. The minimum Gasteiger partial charge on any atom is -0.311 e. The quantitative estimate of drug-likeness (QED) is 0.162. The molecule has 7 aromatic carbocycles. The molecule has 3 heteroatoms. The van der Waals surface area contributed by atoms with Gasteiger partial charge in [-0.3, -0.25) is 0 Å². The van der Waals surface area contributed by atoms with Crippen molar-refractivity contribution in [2.24, 2.45) is 23.7 Å². The van der Waals surface area contributed by atoms with Gasteiger partial charge >= 0.3 is 0 Å². The van der Waals surface area contributed by atoms with Crippen LogP contribution in [0.3, 0.4) is 0 Å². The molecular formula is C56H45BN2. The Hall–Kier alpha value is -5.80. The highest BCUT2D eigenvalue weighted by atomic mass is 15.2. The highest BCUT2D eigenvalue weighted by Crippen LogP contribution is 2.69. The molecule has 8 aliphatic rings. The fraction of sp³-hybridized carbons (Fsp3) is 0.250. The number of anilines is 6. The first-order valence-corrected chi connectivity index (χ1v) is 22.6. The van der Waals surface area contributed by atoms with Gasteiger partial charge in [-0.05, 0) is 160 Å². The lowest BCUT2D eigenvalue weighted by atomic mass is 9.32. The average molecular weight is 757 g/mol. The van der Waals surface area contributed by atoms with Crippen molar-refractivity contribution in [3.63, 3.8) is 0 Å².